The van der Waals surface area contributed by atoms with Gasteiger partial charge in [-0.2, -0.15) is 0 Å². The molecule has 0 aliphatic rings. The monoisotopic (exact) mass is 366 g/mol. The van der Waals surface area contributed by atoms with Crippen LogP contribution in [0.1, 0.15) is 43.9 Å². The topological polar surface area (TPSA) is 49.4 Å². The number of nitrogens with one attached hydrogen (secondary N) is 1. The number of carbonyl (C=O) groups is 2. The molecular weight excluding hydrogens is 336 g/mol. The van der Waals surface area contributed by atoms with E-state index in [9.17, 15) is 9.59 Å². The SMILES string of the molecule is CCC(C)NC(=O)C(C)N(Cc1ccccc1)C(=O)Cc1ccccc1C. The molecule has 0 radical (unpaired) electrons. The highest BCUT2D eigenvalue weighted by atomic mass is 16.2. The van der Waals surface area contributed by atoms with Gasteiger partial charge in [0.25, 0.3) is 0 Å². The molecule has 4 heteroatoms. The summed E-state index contributed by atoms with van der Waals surface area (Å²) in [6.07, 6.45) is 1.15. The Morgan fingerprint density at radius 2 is 1.63 bits per heavy atom. The summed E-state index contributed by atoms with van der Waals surface area (Å²) in [5, 5.41) is 2.99. The average Bonchev–Trinajstić information content (AvgIpc) is 2.67. The normalized spacial score (nSPS) is 12.9. The lowest BCUT2D eigenvalue weighted by molar-refractivity contribution is -0.140. The van der Waals surface area contributed by atoms with Crippen molar-refractivity contribution in [2.45, 2.75) is 59.2 Å². The summed E-state index contributed by atoms with van der Waals surface area (Å²) in [6, 6.07) is 17.2. The van der Waals surface area contributed by atoms with E-state index in [0.29, 0.717) is 13.0 Å². The third kappa shape index (κ3) is 5.95. The number of carbonyl (C=O) groups excluding carboxylic acids is 2. The first-order valence-corrected chi connectivity index (χ1v) is 9.60. The zero-order valence-corrected chi connectivity index (χ0v) is 16.7. The molecule has 2 aromatic carbocycles. The zero-order valence-electron chi connectivity index (χ0n) is 16.7. The fraction of sp³-hybridized carbons (Fsp3) is 0.391. The third-order valence-corrected chi connectivity index (χ3v) is 4.97. The van der Waals surface area contributed by atoms with Crippen molar-refractivity contribution in [1.29, 1.82) is 0 Å². The lowest BCUT2D eigenvalue weighted by atomic mass is 10.0. The molecule has 2 amide bonds. The third-order valence-electron chi connectivity index (χ3n) is 4.97. The smallest absolute Gasteiger partial charge is 0.242 e. The van der Waals surface area contributed by atoms with Crippen molar-refractivity contribution < 1.29 is 9.59 Å². The van der Waals surface area contributed by atoms with E-state index in [0.717, 1.165) is 23.1 Å². The number of hydrogen-bond acceptors (Lipinski definition) is 2. The maximum absolute atomic E-state index is 13.1. The van der Waals surface area contributed by atoms with E-state index in [4.69, 9.17) is 0 Å². The van der Waals surface area contributed by atoms with Crippen molar-refractivity contribution in [1.82, 2.24) is 10.2 Å². The fourth-order valence-corrected chi connectivity index (χ4v) is 2.90. The Bertz CT molecular complexity index is 758. The molecule has 2 aromatic rings. The number of amides is 2. The molecule has 0 aromatic heterocycles. The molecule has 27 heavy (non-hydrogen) atoms. The molecule has 0 aliphatic heterocycles. The largest absolute Gasteiger partial charge is 0.352 e. The quantitative estimate of drug-likeness (QED) is 0.771. The van der Waals surface area contributed by atoms with Gasteiger partial charge in [0, 0.05) is 12.6 Å². The molecule has 2 unspecified atom stereocenters. The van der Waals surface area contributed by atoms with Gasteiger partial charge in [-0.3, -0.25) is 9.59 Å². The van der Waals surface area contributed by atoms with Gasteiger partial charge < -0.3 is 10.2 Å². The van der Waals surface area contributed by atoms with Crippen LogP contribution in [-0.2, 0) is 22.6 Å². The van der Waals surface area contributed by atoms with Crippen LogP contribution >= 0.6 is 0 Å². The summed E-state index contributed by atoms with van der Waals surface area (Å²) >= 11 is 0. The van der Waals surface area contributed by atoms with E-state index in [1.165, 1.54) is 0 Å². The minimum Gasteiger partial charge on any atom is -0.352 e. The predicted octanol–water partition coefficient (Wildman–Crippen LogP) is 3.87. The van der Waals surface area contributed by atoms with Gasteiger partial charge >= 0.3 is 0 Å². The zero-order chi connectivity index (χ0) is 19.8. The van der Waals surface area contributed by atoms with E-state index < -0.39 is 6.04 Å². The van der Waals surface area contributed by atoms with Gasteiger partial charge in [0.1, 0.15) is 6.04 Å². The molecular formula is C23H30N2O2. The minimum absolute atomic E-state index is 0.0417. The Morgan fingerprint density at radius 3 is 2.26 bits per heavy atom. The first kappa shape index (κ1) is 20.7. The highest BCUT2D eigenvalue weighted by molar-refractivity contribution is 5.88. The van der Waals surface area contributed by atoms with Crippen molar-refractivity contribution >= 4 is 11.8 Å². The second-order valence-electron chi connectivity index (χ2n) is 7.10. The summed E-state index contributed by atoms with van der Waals surface area (Å²) < 4.78 is 0. The van der Waals surface area contributed by atoms with E-state index >= 15 is 0 Å². The average molecular weight is 367 g/mol. The molecule has 2 atom stereocenters. The lowest BCUT2D eigenvalue weighted by Gasteiger charge is -2.30. The second-order valence-corrected chi connectivity index (χ2v) is 7.10. The lowest BCUT2D eigenvalue weighted by Crippen LogP contribution is -2.49. The Hall–Kier alpha value is -2.62. The van der Waals surface area contributed by atoms with Crippen molar-refractivity contribution in [3.8, 4) is 0 Å². The number of benzene rings is 2. The molecule has 0 heterocycles. The molecule has 0 fully saturated rings. The van der Waals surface area contributed by atoms with Crippen molar-refractivity contribution in [2.75, 3.05) is 0 Å². The molecule has 1 N–H and O–H groups in total. The molecule has 4 nitrogen and oxygen atoms in total. The van der Waals surface area contributed by atoms with Gasteiger partial charge in [-0.05, 0) is 43.9 Å². The number of aryl methyl sites for hydroxylation is 1. The van der Waals surface area contributed by atoms with Crippen LogP contribution in [0.2, 0.25) is 0 Å². The summed E-state index contributed by atoms with van der Waals surface area (Å²) in [5.74, 6) is -0.154. The van der Waals surface area contributed by atoms with Crippen LogP contribution in [0.3, 0.4) is 0 Å². The standard InChI is InChI=1S/C23H30N2O2/c1-5-18(3)24-23(27)19(4)25(16-20-12-7-6-8-13-20)22(26)15-21-14-10-9-11-17(21)2/h6-14,18-19H,5,15-16H2,1-4H3,(H,24,27). The molecule has 2 rings (SSSR count). The van der Waals surface area contributed by atoms with Gasteiger partial charge in [-0.15, -0.1) is 0 Å². The maximum atomic E-state index is 13.1. The Kier molecular flexibility index (Phi) is 7.59. The van der Waals surface area contributed by atoms with Gasteiger partial charge in [0.2, 0.25) is 11.8 Å². The predicted molar refractivity (Wildman–Crippen MR) is 109 cm³/mol. The van der Waals surface area contributed by atoms with Crippen LogP contribution in [0.4, 0.5) is 0 Å². The van der Waals surface area contributed by atoms with Crippen molar-refractivity contribution in [2.24, 2.45) is 0 Å². The Balaban J connectivity index is 2.21. The first-order valence-electron chi connectivity index (χ1n) is 9.60. The van der Waals surface area contributed by atoms with Crippen molar-refractivity contribution in [3.05, 3.63) is 71.3 Å². The molecule has 0 saturated heterocycles. The van der Waals surface area contributed by atoms with Crippen LogP contribution in [0.5, 0.6) is 0 Å². The molecule has 0 aliphatic carbocycles. The molecule has 0 spiro atoms. The second kappa shape index (κ2) is 9.91. The van der Waals surface area contributed by atoms with Crippen LogP contribution in [-0.4, -0.2) is 28.8 Å². The van der Waals surface area contributed by atoms with Gasteiger partial charge in [-0.25, -0.2) is 0 Å². The van der Waals surface area contributed by atoms with Crippen LogP contribution in [0.15, 0.2) is 54.6 Å². The van der Waals surface area contributed by atoms with E-state index in [1.54, 1.807) is 11.8 Å². The van der Waals surface area contributed by atoms with E-state index in [-0.39, 0.29) is 17.9 Å². The fourth-order valence-electron chi connectivity index (χ4n) is 2.90. The van der Waals surface area contributed by atoms with Gasteiger partial charge in [0.05, 0.1) is 6.42 Å². The van der Waals surface area contributed by atoms with Crippen molar-refractivity contribution in [3.63, 3.8) is 0 Å². The Morgan fingerprint density at radius 1 is 1.00 bits per heavy atom. The number of nitrogens with zero attached hydrogens (tertiary/aromatic N) is 1. The van der Waals surface area contributed by atoms with E-state index in [2.05, 4.69) is 5.32 Å². The Labute approximate surface area is 162 Å². The summed E-state index contributed by atoms with van der Waals surface area (Å²) in [4.78, 5) is 27.5. The summed E-state index contributed by atoms with van der Waals surface area (Å²) in [5.41, 5.74) is 3.09. The van der Waals surface area contributed by atoms with Gasteiger partial charge in [-0.1, -0.05) is 61.5 Å². The van der Waals surface area contributed by atoms with Gasteiger partial charge in [0.15, 0.2) is 0 Å². The number of hydrogen-bond donors (Lipinski definition) is 1. The number of rotatable bonds is 8. The van der Waals surface area contributed by atoms with Crippen LogP contribution < -0.4 is 5.32 Å². The highest BCUT2D eigenvalue weighted by Gasteiger charge is 2.27. The maximum Gasteiger partial charge on any atom is 0.242 e. The summed E-state index contributed by atoms with van der Waals surface area (Å²) in [6.45, 7) is 8.22. The van der Waals surface area contributed by atoms with Crippen LogP contribution in [0, 0.1) is 6.92 Å². The molecule has 0 bridgehead atoms. The van der Waals surface area contributed by atoms with E-state index in [1.807, 2.05) is 75.4 Å². The minimum atomic E-state index is -0.532. The summed E-state index contributed by atoms with van der Waals surface area (Å²) in [7, 11) is 0. The molecule has 0 saturated carbocycles. The first-order chi connectivity index (χ1) is 12.9. The van der Waals surface area contributed by atoms with Crippen LogP contribution in [0.25, 0.3) is 0 Å². The molecule has 144 valence electrons. The highest BCUT2D eigenvalue weighted by Crippen LogP contribution is 2.14.